The minimum absolute atomic E-state index is 0.253. The molecule has 1 amide bonds. The minimum atomic E-state index is -0.623. The van der Waals surface area contributed by atoms with Crippen LogP contribution in [0.2, 0.25) is 0 Å². The average molecular weight is 269 g/mol. The molecule has 4 nitrogen and oxygen atoms in total. The standard InChI is InChI=1S/C15H31N3O/c1-5-10-17-15(3,14(16)19)11-18(4)13-9-7-6-8-12(13)2/h12-13,17H,5-11H2,1-4H3,(H2,16,19). The molecule has 0 spiro atoms. The smallest absolute Gasteiger partial charge is 0.238 e. The lowest BCUT2D eigenvalue weighted by atomic mass is 9.84. The van der Waals surface area contributed by atoms with Gasteiger partial charge < -0.3 is 16.0 Å². The van der Waals surface area contributed by atoms with Crippen molar-refractivity contribution in [3.8, 4) is 0 Å². The van der Waals surface area contributed by atoms with Crippen molar-refractivity contribution in [2.24, 2.45) is 11.7 Å². The lowest BCUT2D eigenvalue weighted by Crippen LogP contribution is -2.61. The van der Waals surface area contributed by atoms with E-state index in [9.17, 15) is 4.79 Å². The van der Waals surface area contributed by atoms with Crippen LogP contribution in [0.25, 0.3) is 0 Å². The molecule has 0 heterocycles. The second-order valence-electron chi connectivity index (χ2n) is 6.37. The summed E-state index contributed by atoms with van der Waals surface area (Å²) < 4.78 is 0. The number of likely N-dealkylation sites (N-methyl/N-ethyl adjacent to an activating group) is 1. The van der Waals surface area contributed by atoms with Gasteiger partial charge in [-0.25, -0.2) is 0 Å². The quantitative estimate of drug-likeness (QED) is 0.740. The maximum Gasteiger partial charge on any atom is 0.238 e. The highest BCUT2D eigenvalue weighted by Gasteiger charge is 2.35. The van der Waals surface area contributed by atoms with E-state index in [2.05, 4.69) is 31.1 Å². The second kappa shape index (κ2) is 7.25. The highest BCUT2D eigenvalue weighted by molar-refractivity contribution is 5.84. The molecule has 0 aromatic heterocycles. The zero-order valence-electron chi connectivity index (χ0n) is 13.0. The molecule has 112 valence electrons. The third kappa shape index (κ3) is 4.46. The fourth-order valence-electron chi connectivity index (χ4n) is 3.19. The summed E-state index contributed by atoms with van der Waals surface area (Å²) in [5, 5.41) is 3.31. The highest BCUT2D eigenvalue weighted by atomic mass is 16.1. The van der Waals surface area contributed by atoms with Crippen molar-refractivity contribution in [2.45, 2.75) is 64.5 Å². The molecule has 1 aliphatic rings. The Labute approximate surface area is 118 Å². The van der Waals surface area contributed by atoms with Gasteiger partial charge in [0.05, 0.1) is 0 Å². The normalized spacial score (nSPS) is 27.2. The van der Waals surface area contributed by atoms with Crippen LogP contribution in [0.4, 0.5) is 0 Å². The summed E-state index contributed by atoms with van der Waals surface area (Å²) in [6.45, 7) is 7.86. The maximum absolute atomic E-state index is 11.8. The van der Waals surface area contributed by atoms with Crippen LogP contribution in [0.15, 0.2) is 0 Å². The van der Waals surface area contributed by atoms with Crippen molar-refractivity contribution in [1.82, 2.24) is 10.2 Å². The number of carbonyl (C=O) groups excluding carboxylic acids is 1. The molecule has 1 fully saturated rings. The van der Waals surface area contributed by atoms with Crippen LogP contribution < -0.4 is 11.1 Å². The van der Waals surface area contributed by atoms with E-state index in [4.69, 9.17) is 5.73 Å². The van der Waals surface area contributed by atoms with Gasteiger partial charge >= 0.3 is 0 Å². The Balaban J connectivity index is 2.64. The van der Waals surface area contributed by atoms with Gasteiger partial charge in [-0.2, -0.15) is 0 Å². The third-order valence-corrected chi connectivity index (χ3v) is 4.51. The molecule has 0 bridgehead atoms. The fourth-order valence-corrected chi connectivity index (χ4v) is 3.19. The van der Waals surface area contributed by atoms with Crippen molar-refractivity contribution >= 4 is 5.91 Å². The SMILES string of the molecule is CCCNC(C)(CN(C)C1CCCCC1C)C(N)=O. The van der Waals surface area contributed by atoms with E-state index < -0.39 is 5.54 Å². The monoisotopic (exact) mass is 269 g/mol. The summed E-state index contributed by atoms with van der Waals surface area (Å²) in [7, 11) is 2.13. The lowest BCUT2D eigenvalue weighted by molar-refractivity contribution is -0.124. The Morgan fingerprint density at radius 1 is 1.42 bits per heavy atom. The Morgan fingerprint density at radius 2 is 2.05 bits per heavy atom. The van der Waals surface area contributed by atoms with Gasteiger partial charge in [-0.05, 0) is 45.7 Å². The number of nitrogens with two attached hydrogens (primary N) is 1. The molecule has 3 N–H and O–H groups in total. The fraction of sp³-hybridized carbons (Fsp3) is 0.933. The predicted molar refractivity (Wildman–Crippen MR) is 79.9 cm³/mol. The minimum Gasteiger partial charge on any atom is -0.368 e. The average Bonchev–Trinajstić information content (AvgIpc) is 2.36. The molecule has 3 atom stereocenters. The van der Waals surface area contributed by atoms with E-state index in [0.29, 0.717) is 18.5 Å². The van der Waals surface area contributed by atoms with E-state index in [0.717, 1.165) is 13.0 Å². The summed E-state index contributed by atoms with van der Waals surface area (Å²) in [6, 6.07) is 0.579. The molecule has 0 aromatic rings. The number of amides is 1. The van der Waals surface area contributed by atoms with Gasteiger partial charge in [-0.1, -0.05) is 26.7 Å². The van der Waals surface area contributed by atoms with Gasteiger partial charge in [0.2, 0.25) is 5.91 Å². The van der Waals surface area contributed by atoms with Crippen LogP contribution in [0.5, 0.6) is 0 Å². The lowest BCUT2D eigenvalue weighted by Gasteiger charge is -2.40. The summed E-state index contributed by atoms with van der Waals surface area (Å²) in [4.78, 5) is 14.1. The molecule has 0 aliphatic heterocycles. The Bertz CT molecular complexity index is 295. The molecule has 0 saturated heterocycles. The molecule has 1 aliphatic carbocycles. The van der Waals surface area contributed by atoms with Crippen LogP contribution in [-0.2, 0) is 4.79 Å². The Hall–Kier alpha value is -0.610. The van der Waals surface area contributed by atoms with Gasteiger partial charge in [0.25, 0.3) is 0 Å². The summed E-state index contributed by atoms with van der Waals surface area (Å²) >= 11 is 0. The molecule has 4 heteroatoms. The zero-order valence-corrected chi connectivity index (χ0v) is 13.0. The highest BCUT2D eigenvalue weighted by Crippen LogP contribution is 2.28. The molecule has 0 aromatic carbocycles. The number of hydrogen-bond donors (Lipinski definition) is 2. The Morgan fingerprint density at radius 3 is 2.58 bits per heavy atom. The van der Waals surface area contributed by atoms with Crippen molar-refractivity contribution in [1.29, 1.82) is 0 Å². The molecule has 3 unspecified atom stereocenters. The van der Waals surface area contributed by atoms with E-state index in [-0.39, 0.29) is 5.91 Å². The van der Waals surface area contributed by atoms with Crippen LogP contribution >= 0.6 is 0 Å². The number of nitrogens with one attached hydrogen (secondary N) is 1. The summed E-state index contributed by atoms with van der Waals surface area (Å²) in [5.74, 6) is 0.457. The van der Waals surface area contributed by atoms with Crippen molar-refractivity contribution < 1.29 is 4.79 Å². The van der Waals surface area contributed by atoms with E-state index in [1.165, 1.54) is 25.7 Å². The first kappa shape index (κ1) is 16.4. The van der Waals surface area contributed by atoms with E-state index >= 15 is 0 Å². The first-order valence-corrected chi connectivity index (χ1v) is 7.66. The van der Waals surface area contributed by atoms with Gasteiger partial charge in [-0.15, -0.1) is 0 Å². The Kier molecular flexibility index (Phi) is 6.27. The van der Waals surface area contributed by atoms with Crippen LogP contribution in [0.1, 0.15) is 52.9 Å². The molecular formula is C15H31N3O. The number of hydrogen-bond acceptors (Lipinski definition) is 3. The van der Waals surface area contributed by atoms with Gasteiger partial charge in [0.15, 0.2) is 0 Å². The summed E-state index contributed by atoms with van der Waals surface area (Å²) in [6.07, 6.45) is 6.18. The first-order chi connectivity index (χ1) is 8.90. The topological polar surface area (TPSA) is 58.4 Å². The largest absolute Gasteiger partial charge is 0.368 e. The number of carbonyl (C=O) groups is 1. The first-order valence-electron chi connectivity index (χ1n) is 7.66. The van der Waals surface area contributed by atoms with Crippen molar-refractivity contribution in [2.75, 3.05) is 20.1 Å². The molecule has 1 saturated carbocycles. The number of rotatable bonds is 7. The second-order valence-corrected chi connectivity index (χ2v) is 6.37. The third-order valence-electron chi connectivity index (χ3n) is 4.51. The van der Waals surface area contributed by atoms with E-state index in [1.807, 2.05) is 6.92 Å². The van der Waals surface area contributed by atoms with Crippen LogP contribution in [-0.4, -0.2) is 42.5 Å². The number of primary amides is 1. The van der Waals surface area contributed by atoms with Crippen LogP contribution in [0.3, 0.4) is 0 Å². The van der Waals surface area contributed by atoms with E-state index in [1.54, 1.807) is 0 Å². The summed E-state index contributed by atoms with van der Waals surface area (Å²) in [5.41, 5.74) is 4.97. The molecular weight excluding hydrogens is 238 g/mol. The number of nitrogens with zero attached hydrogens (tertiary/aromatic N) is 1. The maximum atomic E-state index is 11.8. The predicted octanol–water partition coefficient (Wildman–Crippen LogP) is 1.74. The molecule has 1 rings (SSSR count). The van der Waals surface area contributed by atoms with Crippen molar-refractivity contribution in [3.63, 3.8) is 0 Å². The zero-order chi connectivity index (χ0) is 14.5. The van der Waals surface area contributed by atoms with Crippen LogP contribution in [0, 0.1) is 5.92 Å². The molecule has 0 radical (unpaired) electrons. The molecule has 19 heavy (non-hydrogen) atoms. The van der Waals surface area contributed by atoms with Gasteiger partial charge in [0, 0.05) is 12.6 Å². The van der Waals surface area contributed by atoms with Gasteiger partial charge in [-0.3, -0.25) is 4.79 Å². The van der Waals surface area contributed by atoms with Crippen molar-refractivity contribution in [3.05, 3.63) is 0 Å². The van der Waals surface area contributed by atoms with Gasteiger partial charge in [0.1, 0.15) is 5.54 Å².